The minimum Gasteiger partial charge on any atom is -0.395 e. The summed E-state index contributed by atoms with van der Waals surface area (Å²) in [4.78, 5) is 10.7. The highest BCUT2D eigenvalue weighted by atomic mass is 16.6. The second-order valence-corrected chi connectivity index (χ2v) is 2.57. The van der Waals surface area contributed by atoms with Crippen molar-refractivity contribution in [2.24, 2.45) is 0 Å². The van der Waals surface area contributed by atoms with Crippen LogP contribution in [0.15, 0.2) is 44.0 Å². The monoisotopic (exact) mass is 175 g/mol. The smallest absolute Gasteiger partial charge is 0.395 e. The molecule has 2 rings (SSSR count). The Morgan fingerprint density at radius 2 is 1.77 bits per heavy atom. The van der Waals surface area contributed by atoms with E-state index in [1.165, 1.54) is 0 Å². The molecular formula is C10H7O3. The fraction of sp³-hybridized carbons (Fsp3) is 0. The summed E-state index contributed by atoms with van der Waals surface area (Å²) in [7, 11) is 0. The Bertz CT molecular complexity index is 451. The van der Waals surface area contributed by atoms with Gasteiger partial charge in [-0.15, -0.1) is 0 Å². The molecule has 0 amide bonds. The number of benzene rings is 1. The van der Waals surface area contributed by atoms with Gasteiger partial charge < -0.3 is 8.83 Å². The average molecular weight is 175 g/mol. The minimum atomic E-state index is -0.719. The molecule has 0 aliphatic carbocycles. The molecule has 0 unspecified atom stereocenters. The summed E-state index contributed by atoms with van der Waals surface area (Å²) in [6.45, 7) is 3.56. The molecule has 2 aromatic rings. The molecule has 1 heterocycles. The third kappa shape index (κ3) is 1.40. The van der Waals surface area contributed by atoms with Gasteiger partial charge in [0, 0.05) is 12.5 Å². The van der Waals surface area contributed by atoms with Crippen LogP contribution in [0.2, 0.25) is 0 Å². The molecule has 0 N–H and O–H groups in total. The lowest BCUT2D eigenvalue weighted by atomic mass is 10.1. The number of hydrogen-bond donors (Lipinski definition) is 0. The van der Waals surface area contributed by atoms with Crippen LogP contribution in [0.5, 0.6) is 0 Å². The van der Waals surface area contributed by atoms with Gasteiger partial charge in [-0.2, -0.15) is 0 Å². The Morgan fingerprint density at radius 1 is 1.08 bits per heavy atom. The highest BCUT2D eigenvalue weighted by molar-refractivity contribution is 5.59. The van der Waals surface area contributed by atoms with E-state index >= 15 is 0 Å². The van der Waals surface area contributed by atoms with Gasteiger partial charge in [0.1, 0.15) is 0 Å². The standard InChI is InChI=1S/C10H7O3/c1-7-9(13-10(11)12-7)8-5-3-2-4-6-8/h2-6H,1H2. The lowest BCUT2D eigenvalue weighted by molar-refractivity contribution is 0.385. The van der Waals surface area contributed by atoms with E-state index in [0.29, 0.717) is 5.76 Å². The number of hydrogen-bond acceptors (Lipinski definition) is 3. The van der Waals surface area contributed by atoms with E-state index in [1.54, 1.807) is 0 Å². The maximum Gasteiger partial charge on any atom is 0.519 e. The minimum absolute atomic E-state index is 0.260. The van der Waals surface area contributed by atoms with E-state index in [2.05, 4.69) is 11.3 Å². The molecule has 0 fully saturated rings. The van der Waals surface area contributed by atoms with Crippen molar-refractivity contribution in [2.45, 2.75) is 0 Å². The van der Waals surface area contributed by atoms with Gasteiger partial charge in [-0.05, 0) is 0 Å². The molecule has 1 aromatic heterocycles. The van der Waals surface area contributed by atoms with Crippen LogP contribution in [0.1, 0.15) is 5.76 Å². The van der Waals surface area contributed by atoms with Crippen LogP contribution in [0.25, 0.3) is 11.3 Å². The van der Waals surface area contributed by atoms with E-state index < -0.39 is 5.82 Å². The van der Waals surface area contributed by atoms with Crippen molar-refractivity contribution >= 4 is 0 Å². The van der Waals surface area contributed by atoms with Gasteiger partial charge in [0.25, 0.3) is 0 Å². The molecule has 0 saturated carbocycles. The van der Waals surface area contributed by atoms with Crippen molar-refractivity contribution in [3.05, 3.63) is 53.6 Å². The van der Waals surface area contributed by atoms with Gasteiger partial charge in [0.05, 0.1) is 0 Å². The Hall–Kier alpha value is -1.77. The first-order valence-electron chi connectivity index (χ1n) is 3.78. The van der Waals surface area contributed by atoms with Crippen molar-refractivity contribution < 1.29 is 8.83 Å². The molecule has 1 radical (unpaired) electrons. The van der Waals surface area contributed by atoms with Crippen molar-refractivity contribution in [3.8, 4) is 11.3 Å². The van der Waals surface area contributed by atoms with Crippen LogP contribution >= 0.6 is 0 Å². The molecule has 0 saturated heterocycles. The zero-order chi connectivity index (χ0) is 9.26. The predicted molar refractivity (Wildman–Crippen MR) is 47.1 cm³/mol. The van der Waals surface area contributed by atoms with Crippen LogP contribution in [0, 0.1) is 6.92 Å². The Morgan fingerprint density at radius 3 is 2.31 bits per heavy atom. The molecular weight excluding hydrogens is 168 g/mol. The first kappa shape index (κ1) is 7.86. The molecule has 1 aromatic carbocycles. The quantitative estimate of drug-likeness (QED) is 0.666. The molecule has 0 aliphatic heterocycles. The zero-order valence-electron chi connectivity index (χ0n) is 6.82. The van der Waals surface area contributed by atoms with Crippen LogP contribution in [-0.4, -0.2) is 0 Å². The van der Waals surface area contributed by atoms with E-state index in [0.717, 1.165) is 5.56 Å². The molecule has 0 aliphatic rings. The SMILES string of the molecule is [CH2]c1oc(=O)oc1-c1ccccc1. The summed E-state index contributed by atoms with van der Waals surface area (Å²) in [5.41, 5.74) is 0.790. The first-order valence-corrected chi connectivity index (χ1v) is 3.78. The molecule has 0 atom stereocenters. The van der Waals surface area contributed by atoms with Crippen LogP contribution < -0.4 is 5.82 Å². The topological polar surface area (TPSA) is 43.4 Å². The van der Waals surface area contributed by atoms with Crippen molar-refractivity contribution in [2.75, 3.05) is 0 Å². The van der Waals surface area contributed by atoms with Crippen LogP contribution in [-0.2, 0) is 0 Å². The van der Waals surface area contributed by atoms with E-state index in [4.69, 9.17) is 4.42 Å². The largest absolute Gasteiger partial charge is 0.519 e. The summed E-state index contributed by atoms with van der Waals surface area (Å²) in [5.74, 6) is -0.0642. The third-order valence-electron chi connectivity index (χ3n) is 1.68. The van der Waals surface area contributed by atoms with E-state index in [-0.39, 0.29) is 5.76 Å². The maximum atomic E-state index is 10.7. The summed E-state index contributed by atoms with van der Waals surface area (Å²) in [5, 5.41) is 0. The Labute approximate surface area is 74.6 Å². The first-order chi connectivity index (χ1) is 6.27. The number of rotatable bonds is 1. The highest BCUT2D eigenvalue weighted by Crippen LogP contribution is 2.21. The fourth-order valence-electron chi connectivity index (χ4n) is 1.12. The van der Waals surface area contributed by atoms with E-state index in [9.17, 15) is 4.79 Å². The zero-order valence-corrected chi connectivity index (χ0v) is 6.82. The van der Waals surface area contributed by atoms with Crippen LogP contribution in [0.4, 0.5) is 0 Å². The normalized spacial score (nSPS) is 10.2. The molecule has 65 valence electrons. The molecule has 3 nitrogen and oxygen atoms in total. The van der Waals surface area contributed by atoms with Gasteiger partial charge in [0.15, 0.2) is 11.5 Å². The van der Waals surface area contributed by atoms with E-state index in [1.807, 2.05) is 30.3 Å². The summed E-state index contributed by atoms with van der Waals surface area (Å²) < 4.78 is 9.45. The van der Waals surface area contributed by atoms with Gasteiger partial charge >= 0.3 is 5.82 Å². The average Bonchev–Trinajstić information content (AvgIpc) is 2.47. The lowest BCUT2D eigenvalue weighted by Crippen LogP contribution is -1.85. The molecule has 13 heavy (non-hydrogen) atoms. The van der Waals surface area contributed by atoms with Gasteiger partial charge in [-0.3, -0.25) is 0 Å². The third-order valence-corrected chi connectivity index (χ3v) is 1.68. The molecule has 3 heteroatoms. The van der Waals surface area contributed by atoms with Gasteiger partial charge in [0.2, 0.25) is 0 Å². The summed E-state index contributed by atoms with van der Waals surface area (Å²) in [6, 6.07) is 9.22. The fourth-order valence-corrected chi connectivity index (χ4v) is 1.12. The summed E-state index contributed by atoms with van der Waals surface area (Å²) in [6.07, 6.45) is 0. The van der Waals surface area contributed by atoms with Crippen molar-refractivity contribution in [1.82, 2.24) is 0 Å². The highest BCUT2D eigenvalue weighted by Gasteiger charge is 2.09. The maximum absolute atomic E-state index is 10.7. The lowest BCUT2D eigenvalue weighted by Gasteiger charge is -1.93. The van der Waals surface area contributed by atoms with Crippen molar-refractivity contribution in [3.63, 3.8) is 0 Å². The Kier molecular flexibility index (Phi) is 1.77. The summed E-state index contributed by atoms with van der Waals surface area (Å²) >= 11 is 0. The molecule has 0 spiro atoms. The van der Waals surface area contributed by atoms with Gasteiger partial charge in [-0.25, -0.2) is 4.79 Å². The molecule has 0 bridgehead atoms. The van der Waals surface area contributed by atoms with Crippen LogP contribution in [0.3, 0.4) is 0 Å². The van der Waals surface area contributed by atoms with Gasteiger partial charge in [-0.1, -0.05) is 30.3 Å². The second-order valence-electron chi connectivity index (χ2n) is 2.57. The predicted octanol–water partition coefficient (Wildman–Crippen LogP) is 2.08. The second kappa shape index (κ2) is 2.94. The Balaban J connectivity index is 2.59. The van der Waals surface area contributed by atoms with Crippen molar-refractivity contribution in [1.29, 1.82) is 0 Å².